The monoisotopic (exact) mass is 428 g/mol. The quantitative estimate of drug-likeness (QED) is 0.733. The zero-order valence-corrected chi connectivity index (χ0v) is 17.9. The first-order valence-electron chi connectivity index (χ1n) is 10.6. The Kier molecular flexibility index (Phi) is 6.34. The molecular weight excluding hydrogens is 400 g/mol. The first-order chi connectivity index (χ1) is 14.5. The van der Waals surface area contributed by atoms with E-state index in [0.29, 0.717) is 38.4 Å². The molecule has 30 heavy (non-hydrogen) atoms. The lowest BCUT2D eigenvalue weighted by Gasteiger charge is -2.25. The molecule has 0 atom stereocenters. The summed E-state index contributed by atoms with van der Waals surface area (Å²) in [6.07, 6.45) is 5.94. The van der Waals surface area contributed by atoms with Crippen molar-refractivity contribution >= 4 is 21.7 Å². The van der Waals surface area contributed by atoms with Crippen LogP contribution in [-0.2, 0) is 27.9 Å². The van der Waals surface area contributed by atoms with Crippen molar-refractivity contribution < 1.29 is 13.2 Å². The number of rotatable bonds is 7. The molecule has 1 amide bonds. The standard InChI is InChI=1S/C22H28N4O3S/c27-22-8-5-11-25(22)17-19-7-4-6-18(14-19)15-23-21-10-9-20(16-24-21)30(28,29)26-12-2-1-3-13-26/h4,6-7,9-10,14,16H,1-3,5,8,11-13,15,17H2,(H,23,24). The van der Waals surface area contributed by atoms with Gasteiger partial charge in [0.25, 0.3) is 0 Å². The number of likely N-dealkylation sites (tertiary alicyclic amines) is 1. The second-order valence-corrected chi connectivity index (χ2v) is 9.87. The number of sulfonamides is 1. The molecule has 0 spiro atoms. The number of amides is 1. The van der Waals surface area contributed by atoms with Gasteiger partial charge in [0, 0.05) is 45.3 Å². The molecule has 4 rings (SSSR count). The number of aromatic nitrogens is 1. The number of hydrogen-bond donors (Lipinski definition) is 1. The summed E-state index contributed by atoms with van der Waals surface area (Å²) in [6.45, 7) is 3.22. The average Bonchev–Trinajstić information content (AvgIpc) is 3.18. The molecule has 2 fully saturated rings. The van der Waals surface area contributed by atoms with Gasteiger partial charge in [-0.2, -0.15) is 4.31 Å². The van der Waals surface area contributed by atoms with Crippen molar-refractivity contribution in [1.29, 1.82) is 0 Å². The van der Waals surface area contributed by atoms with E-state index in [1.807, 2.05) is 23.1 Å². The summed E-state index contributed by atoms with van der Waals surface area (Å²) in [5.41, 5.74) is 2.20. The maximum atomic E-state index is 12.7. The summed E-state index contributed by atoms with van der Waals surface area (Å²) in [5, 5.41) is 3.25. The molecule has 2 saturated heterocycles. The van der Waals surface area contributed by atoms with Crippen LogP contribution in [0.25, 0.3) is 0 Å². The van der Waals surface area contributed by atoms with Crippen LogP contribution in [0.4, 0.5) is 5.82 Å². The summed E-state index contributed by atoms with van der Waals surface area (Å²) in [7, 11) is -3.46. The average molecular weight is 429 g/mol. The van der Waals surface area contributed by atoms with Crippen LogP contribution in [0.2, 0.25) is 0 Å². The van der Waals surface area contributed by atoms with Crippen molar-refractivity contribution in [3.05, 3.63) is 53.7 Å². The van der Waals surface area contributed by atoms with Crippen LogP contribution in [-0.4, -0.2) is 48.1 Å². The zero-order valence-electron chi connectivity index (χ0n) is 17.1. The fourth-order valence-electron chi connectivity index (χ4n) is 4.01. The van der Waals surface area contributed by atoms with Crippen LogP contribution in [0, 0.1) is 0 Å². The lowest BCUT2D eigenvalue weighted by Crippen LogP contribution is -2.35. The van der Waals surface area contributed by atoms with E-state index in [1.54, 1.807) is 16.4 Å². The van der Waals surface area contributed by atoms with E-state index in [4.69, 9.17) is 0 Å². The Balaban J connectivity index is 1.36. The number of carbonyl (C=O) groups is 1. The Hall–Kier alpha value is -2.45. The highest BCUT2D eigenvalue weighted by Crippen LogP contribution is 2.21. The van der Waals surface area contributed by atoms with Crippen LogP contribution >= 0.6 is 0 Å². The molecule has 0 bridgehead atoms. The molecule has 0 unspecified atom stereocenters. The molecule has 1 aromatic heterocycles. The van der Waals surface area contributed by atoms with E-state index < -0.39 is 10.0 Å². The normalized spacial score (nSPS) is 18.0. The van der Waals surface area contributed by atoms with E-state index in [2.05, 4.69) is 16.4 Å². The van der Waals surface area contributed by atoms with Gasteiger partial charge in [0.1, 0.15) is 10.7 Å². The van der Waals surface area contributed by atoms with Crippen molar-refractivity contribution in [2.75, 3.05) is 25.0 Å². The number of anilines is 1. The second kappa shape index (κ2) is 9.14. The third-order valence-electron chi connectivity index (χ3n) is 5.70. The summed E-state index contributed by atoms with van der Waals surface area (Å²) in [4.78, 5) is 18.3. The predicted octanol–water partition coefficient (Wildman–Crippen LogP) is 2.99. The van der Waals surface area contributed by atoms with Gasteiger partial charge >= 0.3 is 0 Å². The lowest BCUT2D eigenvalue weighted by molar-refractivity contribution is -0.128. The number of piperidine rings is 1. The fraction of sp³-hybridized carbons (Fsp3) is 0.455. The summed E-state index contributed by atoms with van der Waals surface area (Å²) >= 11 is 0. The van der Waals surface area contributed by atoms with Crippen LogP contribution < -0.4 is 5.32 Å². The maximum Gasteiger partial charge on any atom is 0.244 e. The minimum atomic E-state index is -3.46. The van der Waals surface area contributed by atoms with Crippen LogP contribution in [0.3, 0.4) is 0 Å². The highest BCUT2D eigenvalue weighted by Gasteiger charge is 2.26. The number of nitrogens with zero attached hydrogens (tertiary/aromatic N) is 3. The Labute approximate surface area is 178 Å². The van der Waals surface area contributed by atoms with Gasteiger partial charge in [-0.15, -0.1) is 0 Å². The molecule has 0 saturated carbocycles. The molecular formula is C22H28N4O3S. The van der Waals surface area contributed by atoms with Crippen LogP contribution in [0.15, 0.2) is 47.5 Å². The Morgan fingerprint density at radius 1 is 0.967 bits per heavy atom. The molecule has 2 aromatic rings. The first-order valence-corrected chi connectivity index (χ1v) is 12.0. The van der Waals surface area contributed by atoms with Gasteiger partial charge in [-0.3, -0.25) is 4.79 Å². The van der Waals surface area contributed by atoms with Gasteiger partial charge in [0.2, 0.25) is 15.9 Å². The van der Waals surface area contributed by atoms with Crippen molar-refractivity contribution in [3.63, 3.8) is 0 Å². The zero-order chi connectivity index (χ0) is 21.0. The van der Waals surface area contributed by atoms with Gasteiger partial charge in [-0.05, 0) is 42.5 Å². The Bertz CT molecular complexity index is 986. The molecule has 2 aliphatic heterocycles. The minimum Gasteiger partial charge on any atom is -0.366 e. The topological polar surface area (TPSA) is 82.6 Å². The van der Waals surface area contributed by atoms with E-state index in [-0.39, 0.29) is 10.8 Å². The molecule has 160 valence electrons. The van der Waals surface area contributed by atoms with Gasteiger partial charge < -0.3 is 10.2 Å². The summed E-state index contributed by atoms with van der Waals surface area (Å²) in [5.74, 6) is 0.857. The number of carbonyl (C=O) groups excluding carboxylic acids is 1. The summed E-state index contributed by atoms with van der Waals surface area (Å²) < 4.78 is 27.0. The highest BCUT2D eigenvalue weighted by molar-refractivity contribution is 7.89. The molecule has 7 nitrogen and oxygen atoms in total. The predicted molar refractivity (Wildman–Crippen MR) is 115 cm³/mol. The summed E-state index contributed by atoms with van der Waals surface area (Å²) in [6, 6.07) is 11.5. The third kappa shape index (κ3) is 4.82. The van der Waals surface area contributed by atoms with Crippen LogP contribution in [0.1, 0.15) is 43.2 Å². The molecule has 1 aromatic carbocycles. The minimum absolute atomic E-state index is 0.224. The van der Waals surface area contributed by atoms with Crippen molar-refractivity contribution in [2.24, 2.45) is 0 Å². The molecule has 8 heteroatoms. The Morgan fingerprint density at radius 3 is 2.47 bits per heavy atom. The van der Waals surface area contributed by atoms with E-state index >= 15 is 0 Å². The van der Waals surface area contributed by atoms with Crippen molar-refractivity contribution in [3.8, 4) is 0 Å². The maximum absolute atomic E-state index is 12.7. The van der Waals surface area contributed by atoms with E-state index in [9.17, 15) is 13.2 Å². The van der Waals surface area contributed by atoms with Crippen molar-refractivity contribution in [1.82, 2.24) is 14.2 Å². The van der Waals surface area contributed by atoms with Gasteiger partial charge in [-0.25, -0.2) is 13.4 Å². The number of nitrogens with one attached hydrogen (secondary N) is 1. The van der Waals surface area contributed by atoms with E-state index in [1.165, 1.54) is 6.20 Å². The second-order valence-electron chi connectivity index (χ2n) is 7.94. The molecule has 0 aliphatic carbocycles. The number of hydrogen-bond acceptors (Lipinski definition) is 5. The van der Waals surface area contributed by atoms with Gasteiger partial charge in [-0.1, -0.05) is 30.7 Å². The lowest BCUT2D eigenvalue weighted by atomic mass is 10.1. The number of pyridine rings is 1. The molecule has 2 aliphatic rings. The molecule has 0 radical (unpaired) electrons. The van der Waals surface area contributed by atoms with E-state index in [0.717, 1.165) is 43.4 Å². The Morgan fingerprint density at radius 2 is 1.77 bits per heavy atom. The van der Waals surface area contributed by atoms with Crippen molar-refractivity contribution in [2.45, 2.75) is 50.1 Å². The first kappa shape index (κ1) is 20.8. The fourth-order valence-corrected chi connectivity index (χ4v) is 5.48. The van der Waals surface area contributed by atoms with Gasteiger partial charge in [0.15, 0.2) is 0 Å². The van der Waals surface area contributed by atoms with Gasteiger partial charge in [0.05, 0.1) is 0 Å². The molecule has 1 N–H and O–H groups in total. The van der Waals surface area contributed by atoms with Crippen LogP contribution in [0.5, 0.6) is 0 Å². The largest absolute Gasteiger partial charge is 0.366 e. The SMILES string of the molecule is O=C1CCCN1Cc1cccc(CNc2ccc(S(=O)(=O)N3CCCCC3)cn2)c1. The smallest absolute Gasteiger partial charge is 0.244 e. The highest BCUT2D eigenvalue weighted by atomic mass is 32.2. The number of benzene rings is 1. The molecule has 3 heterocycles. The third-order valence-corrected chi connectivity index (χ3v) is 7.58.